The van der Waals surface area contributed by atoms with Crippen molar-refractivity contribution in [2.75, 3.05) is 6.54 Å². The van der Waals surface area contributed by atoms with Gasteiger partial charge in [0.2, 0.25) is 0 Å². The average Bonchev–Trinajstić information content (AvgIpc) is 3.21. The van der Waals surface area contributed by atoms with Gasteiger partial charge in [0.25, 0.3) is 5.91 Å². The normalized spacial score (nSPS) is 14.3. The Balaban J connectivity index is 0.00000131. The molecule has 3 aromatic heterocycles. The Morgan fingerprint density at radius 2 is 2.19 bits per heavy atom. The summed E-state index contributed by atoms with van der Waals surface area (Å²) in [5.41, 5.74) is 8.81. The van der Waals surface area contributed by atoms with Crippen molar-refractivity contribution in [3.8, 4) is 10.6 Å². The van der Waals surface area contributed by atoms with Crippen LogP contribution in [0, 0.1) is 12.8 Å². The van der Waals surface area contributed by atoms with Crippen LogP contribution >= 0.6 is 36.2 Å². The van der Waals surface area contributed by atoms with Crippen molar-refractivity contribution >= 4 is 53.1 Å². The van der Waals surface area contributed by atoms with Crippen molar-refractivity contribution in [2.45, 2.75) is 25.8 Å². The number of hydrogen-bond acceptors (Lipinski definition) is 5. The molecular weight excluding hydrogens is 405 g/mol. The van der Waals surface area contributed by atoms with Gasteiger partial charge in [0.05, 0.1) is 27.2 Å². The van der Waals surface area contributed by atoms with Gasteiger partial charge in [-0.15, -0.1) is 36.2 Å². The number of nitrogens with one attached hydrogen (secondary N) is 1. The first-order chi connectivity index (χ1) is 12.1. The topological polar surface area (TPSA) is 85.8 Å². The number of halogens is 2. The molecule has 0 aromatic carbocycles. The van der Waals surface area contributed by atoms with Gasteiger partial charge < -0.3 is 11.1 Å². The van der Waals surface area contributed by atoms with E-state index in [0.29, 0.717) is 18.0 Å². The van der Waals surface area contributed by atoms with Gasteiger partial charge >= 0.3 is 0 Å². The zero-order valence-corrected chi connectivity index (χ0v) is 17.6. The van der Waals surface area contributed by atoms with E-state index in [2.05, 4.69) is 10.4 Å². The number of hydrogen-bond donors (Lipinski definition) is 2. The van der Waals surface area contributed by atoms with Crippen LogP contribution in [0.4, 0.5) is 0 Å². The van der Waals surface area contributed by atoms with Crippen LogP contribution in [-0.4, -0.2) is 33.3 Å². The van der Waals surface area contributed by atoms with Crippen LogP contribution in [0.15, 0.2) is 23.6 Å². The predicted molar refractivity (Wildman–Crippen MR) is 114 cm³/mol. The maximum absolute atomic E-state index is 13.0. The van der Waals surface area contributed by atoms with Gasteiger partial charge in [-0.25, -0.2) is 4.98 Å². The summed E-state index contributed by atoms with van der Waals surface area (Å²) in [5, 5.41) is 10.4. The summed E-state index contributed by atoms with van der Waals surface area (Å²) in [6.07, 6.45) is 2.28. The van der Waals surface area contributed by atoms with E-state index >= 15 is 0 Å². The first-order valence-electron chi connectivity index (χ1n) is 8.47. The molecule has 3 aromatic rings. The molecule has 3 N–H and O–H groups in total. The largest absolute Gasteiger partial charge is 0.348 e. The highest BCUT2D eigenvalue weighted by Crippen LogP contribution is 2.33. The lowest BCUT2D eigenvalue weighted by atomic mass is 10.1. The number of fused-ring (bicyclic) bond motifs is 1. The second kappa shape index (κ2) is 8.56. The molecule has 1 aliphatic carbocycles. The van der Waals surface area contributed by atoms with Crippen molar-refractivity contribution in [3.05, 3.63) is 34.8 Å². The fraction of sp³-hybridized carbons (Fsp3) is 0.389. The molecule has 0 aliphatic heterocycles. The number of carbonyl (C=O) groups excluding carboxylic acids is 1. The van der Waals surface area contributed by atoms with Crippen LogP contribution in [-0.2, 0) is 7.05 Å². The first kappa shape index (κ1) is 21.6. The Labute approximate surface area is 174 Å². The maximum Gasteiger partial charge on any atom is 0.252 e. The number of rotatable bonds is 5. The van der Waals surface area contributed by atoms with E-state index in [-0.39, 0.29) is 36.8 Å². The number of aryl methyl sites for hydroxylation is 2. The second-order valence-corrected chi connectivity index (χ2v) is 7.54. The van der Waals surface area contributed by atoms with E-state index in [4.69, 9.17) is 10.7 Å². The number of nitrogens with zero attached hydrogens (tertiary/aromatic N) is 3. The number of pyridine rings is 1. The molecule has 27 heavy (non-hydrogen) atoms. The third kappa shape index (κ3) is 4.11. The second-order valence-electron chi connectivity index (χ2n) is 6.59. The molecule has 1 saturated carbocycles. The van der Waals surface area contributed by atoms with E-state index < -0.39 is 0 Å². The summed E-state index contributed by atoms with van der Waals surface area (Å²) in [5.74, 6) is 0.418. The molecule has 4 rings (SSSR count). The Bertz CT molecular complexity index is 937. The summed E-state index contributed by atoms with van der Waals surface area (Å²) in [7, 11) is 1.86. The standard InChI is InChI=1S/C18H21N5OS.2ClH/c1-10-16-12(18(24)21-14(9-19)11-5-6-11)8-13(15-4-3-7-25-15)20-17(16)23(2)22-10;;/h3-4,7-8,11,14H,5-6,9,19H2,1-2H3,(H,21,24);2*1H. The number of amides is 1. The first-order valence-corrected chi connectivity index (χ1v) is 9.35. The molecule has 3 heterocycles. The predicted octanol–water partition coefficient (Wildman–Crippen LogP) is 3.32. The minimum absolute atomic E-state index is 0. The lowest BCUT2D eigenvalue weighted by Crippen LogP contribution is -2.41. The van der Waals surface area contributed by atoms with Crippen LogP contribution in [0.5, 0.6) is 0 Å². The van der Waals surface area contributed by atoms with Crippen LogP contribution in [0.2, 0.25) is 0 Å². The van der Waals surface area contributed by atoms with E-state index in [1.54, 1.807) is 16.0 Å². The number of carbonyl (C=O) groups is 1. The summed E-state index contributed by atoms with van der Waals surface area (Å²) in [4.78, 5) is 18.8. The molecule has 1 atom stereocenters. The highest BCUT2D eigenvalue weighted by molar-refractivity contribution is 7.13. The van der Waals surface area contributed by atoms with Crippen LogP contribution in [0.3, 0.4) is 0 Å². The molecular formula is C18H23Cl2N5OS. The maximum atomic E-state index is 13.0. The molecule has 1 unspecified atom stereocenters. The van der Waals surface area contributed by atoms with E-state index in [9.17, 15) is 4.79 Å². The third-order valence-corrected chi connectivity index (χ3v) is 5.64. The molecule has 1 aliphatic rings. The van der Waals surface area contributed by atoms with Gasteiger partial charge in [-0.05, 0) is 43.2 Å². The molecule has 1 fully saturated rings. The molecule has 0 saturated heterocycles. The van der Waals surface area contributed by atoms with E-state index in [1.165, 1.54) is 0 Å². The van der Waals surface area contributed by atoms with Crippen molar-refractivity contribution in [3.63, 3.8) is 0 Å². The molecule has 9 heteroatoms. The molecule has 1 amide bonds. The van der Waals surface area contributed by atoms with Crippen molar-refractivity contribution in [2.24, 2.45) is 18.7 Å². The van der Waals surface area contributed by atoms with Gasteiger partial charge in [-0.3, -0.25) is 9.48 Å². The number of aromatic nitrogens is 3. The highest BCUT2D eigenvalue weighted by atomic mass is 35.5. The van der Waals surface area contributed by atoms with Crippen molar-refractivity contribution < 1.29 is 4.79 Å². The SMILES string of the molecule is Cc1nn(C)c2nc(-c3cccs3)cc(C(=O)NC(CN)C3CC3)c12.Cl.Cl. The van der Waals surface area contributed by atoms with Crippen molar-refractivity contribution in [1.29, 1.82) is 0 Å². The van der Waals surface area contributed by atoms with Gasteiger partial charge in [-0.2, -0.15) is 5.10 Å². The van der Waals surface area contributed by atoms with Crippen LogP contribution in [0.1, 0.15) is 28.9 Å². The fourth-order valence-corrected chi connectivity index (χ4v) is 3.97. The van der Waals surface area contributed by atoms with Gasteiger partial charge in [0.1, 0.15) is 0 Å². The Morgan fingerprint density at radius 3 is 2.78 bits per heavy atom. The van der Waals surface area contributed by atoms with Gasteiger partial charge in [0, 0.05) is 19.6 Å². The summed E-state index contributed by atoms with van der Waals surface area (Å²) in [6, 6.07) is 5.91. The van der Waals surface area contributed by atoms with Crippen LogP contribution in [0.25, 0.3) is 21.6 Å². The Morgan fingerprint density at radius 1 is 1.44 bits per heavy atom. The Hall–Kier alpha value is -1.67. The zero-order chi connectivity index (χ0) is 17.6. The highest BCUT2D eigenvalue weighted by Gasteiger charge is 2.32. The minimum Gasteiger partial charge on any atom is -0.348 e. The fourth-order valence-electron chi connectivity index (χ4n) is 3.29. The number of thiophene rings is 1. The third-order valence-electron chi connectivity index (χ3n) is 4.75. The summed E-state index contributed by atoms with van der Waals surface area (Å²) in [6.45, 7) is 2.38. The molecule has 0 radical (unpaired) electrons. The summed E-state index contributed by atoms with van der Waals surface area (Å²) >= 11 is 1.61. The lowest BCUT2D eigenvalue weighted by molar-refractivity contribution is 0.0935. The van der Waals surface area contributed by atoms with E-state index in [0.717, 1.165) is 40.1 Å². The van der Waals surface area contributed by atoms with Crippen molar-refractivity contribution in [1.82, 2.24) is 20.1 Å². The van der Waals surface area contributed by atoms with Gasteiger partial charge in [-0.1, -0.05) is 6.07 Å². The molecule has 0 bridgehead atoms. The van der Waals surface area contributed by atoms with E-state index in [1.807, 2.05) is 37.6 Å². The quantitative estimate of drug-likeness (QED) is 0.653. The average molecular weight is 428 g/mol. The smallest absolute Gasteiger partial charge is 0.252 e. The molecule has 6 nitrogen and oxygen atoms in total. The minimum atomic E-state index is -0.0938. The monoisotopic (exact) mass is 427 g/mol. The Kier molecular flexibility index (Phi) is 6.86. The zero-order valence-electron chi connectivity index (χ0n) is 15.1. The van der Waals surface area contributed by atoms with Crippen LogP contribution < -0.4 is 11.1 Å². The van der Waals surface area contributed by atoms with Gasteiger partial charge in [0.15, 0.2) is 5.65 Å². The molecule has 146 valence electrons. The lowest BCUT2D eigenvalue weighted by Gasteiger charge is -2.16. The molecule has 0 spiro atoms. The number of nitrogens with two attached hydrogens (primary N) is 1. The summed E-state index contributed by atoms with van der Waals surface area (Å²) < 4.78 is 1.74.